The smallest absolute Gasteiger partial charge is 0.0146 e. The highest BCUT2D eigenvalue weighted by Gasteiger charge is 3.00. The van der Waals surface area contributed by atoms with Crippen molar-refractivity contribution >= 4 is 12.6 Å². The van der Waals surface area contributed by atoms with Crippen LogP contribution in [0.25, 0.3) is 0 Å². The number of rotatable bonds is 0. The van der Waals surface area contributed by atoms with Gasteiger partial charge in [0.05, 0.1) is 0 Å². The fraction of sp³-hybridized carbons (Fsp3) is 1.00. The second kappa shape index (κ2) is 2.98. The number of hydrogen-bond donors (Lipinski definition) is 1. The first-order valence-electron chi connectivity index (χ1n) is 12.7. The molecule has 0 unspecified atom stereocenters. The third kappa shape index (κ3) is 0.853. The van der Waals surface area contributed by atoms with Crippen molar-refractivity contribution < 1.29 is 0 Å². The monoisotopic (exact) mass is 376 g/mol. The van der Waals surface area contributed by atoms with E-state index in [1.54, 1.807) is 77.0 Å². The molecule has 16 rings (SSSR count). The van der Waals surface area contributed by atoms with E-state index in [-0.39, 0.29) is 0 Å². The molecule has 6 spiro atoms. The van der Waals surface area contributed by atoms with Gasteiger partial charge in [0.25, 0.3) is 0 Å². The minimum Gasteiger partial charge on any atom is -0.172 e. The Bertz CT molecular complexity index is 780. The van der Waals surface area contributed by atoms with Crippen molar-refractivity contribution in [1.29, 1.82) is 0 Å². The largest absolute Gasteiger partial charge is 0.172 e. The van der Waals surface area contributed by atoms with E-state index < -0.39 is 0 Å². The molecule has 16 fully saturated rings. The lowest BCUT2D eigenvalue weighted by Crippen LogP contribution is -2.98. The van der Waals surface area contributed by atoms with E-state index in [9.17, 15) is 0 Å². The Morgan fingerprint density at radius 3 is 1.00 bits per heavy atom. The maximum absolute atomic E-state index is 5.66. The van der Waals surface area contributed by atoms with Crippen LogP contribution in [0, 0.1) is 73.9 Å². The van der Waals surface area contributed by atoms with E-state index in [4.69, 9.17) is 12.6 Å². The average molecular weight is 377 g/mol. The predicted molar refractivity (Wildman–Crippen MR) is 106 cm³/mol. The summed E-state index contributed by atoms with van der Waals surface area (Å²) >= 11 is 5.66. The zero-order valence-corrected chi connectivity index (χ0v) is 17.4. The Balaban J connectivity index is 1.41. The van der Waals surface area contributed by atoms with Crippen molar-refractivity contribution in [3.63, 3.8) is 0 Å². The average Bonchev–Trinajstić information content (AvgIpc) is 2.45. The van der Waals surface area contributed by atoms with E-state index in [0.717, 1.165) is 50.2 Å². The third-order valence-electron chi connectivity index (χ3n) is 14.9. The molecular weight excluding hydrogens is 344 g/mol. The first kappa shape index (κ1) is 13.6. The Labute approximate surface area is 168 Å². The summed E-state index contributed by atoms with van der Waals surface area (Å²) in [4.78, 5) is 0. The van der Waals surface area contributed by atoms with Gasteiger partial charge in [0, 0.05) is 4.75 Å². The van der Waals surface area contributed by atoms with Gasteiger partial charge >= 0.3 is 0 Å². The molecule has 16 saturated carbocycles. The van der Waals surface area contributed by atoms with Gasteiger partial charge in [-0.15, -0.1) is 0 Å². The van der Waals surface area contributed by atoms with Gasteiger partial charge in [-0.3, -0.25) is 0 Å². The normalized spacial score (nSPS) is 88.6. The Morgan fingerprint density at radius 2 is 0.667 bits per heavy atom. The third-order valence-corrected chi connectivity index (χ3v) is 15.4. The molecule has 0 radical (unpaired) electrons. The fourth-order valence-electron chi connectivity index (χ4n) is 18.6. The molecule has 27 heavy (non-hydrogen) atoms. The topological polar surface area (TPSA) is 0 Å². The van der Waals surface area contributed by atoms with Crippen LogP contribution in [0.4, 0.5) is 0 Å². The fourth-order valence-corrected chi connectivity index (χ4v) is 19.5. The quantitative estimate of drug-likeness (QED) is 0.514. The maximum atomic E-state index is 5.66. The molecule has 0 aliphatic heterocycles. The van der Waals surface area contributed by atoms with Crippen LogP contribution in [0.2, 0.25) is 0 Å². The second-order valence-electron chi connectivity index (χ2n) is 15.3. The number of thiol groups is 1. The predicted octanol–water partition coefficient (Wildman–Crippen LogP) is 5.72. The summed E-state index contributed by atoms with van der Waals surface area (Å²) in [5.74, 6) is 8.21. The Hall–Kier alpha value is 0.350. The van der Waals surface area contributed by atoms with Gasteiger partial charge in [-0.2, -0.15) is 12.6 Å². The van der Waals surface area contributed by atoms with Crippen LogP contribution in [0.15, 0.2) is 0 Å². The molecule has 16 aliphatic carbocycles. The molecule has 0 N–H and O–H groups in total. The highest BCUT2D eigenvalue weighted by Crippen LogP contribution is 3.06. The van der Waals surface area contributed by atoms with Crippen LogP contribution in [-0.4, -0.2) is 4.75 Å². The highest BCUT2D eigenvalue weighted by atomic mass is 32.1. The van der Waals surface area contributed by atoms with Crippen LogP contribution in [0.3, 0.4) is 0 Å². The van der Waals surface area contributed by atoms with E-state index >= 15 is 0 Å². The summed E-state index contributed by atoms with van der Waals surface area (Å²) in [5.41, 5.74) is 4.96. The van der Waals surface area contributed by atoms with Gasteiger partial charge in [-0.05, 0) is 151 Å². The molecule has 0 amide bonds. The molecular formula is C26H32S. The summed E-state index contributed by atoms with van der Waals surface area (Å²) in [5, 5.41) is 0. The summed E-state index contributed by atoms with van der Waals surface area (Å²) < 4.78 is 0.453. The van der Waals surface area contributed by atoms with Crippen LogP contribution in [0.1, 0.15) is 77.0 Å². The van der Waals surface area contributed by atoms with Gasteiger partial charge in [0.1, 0.15) is 0 Å². The minimum atomic E-state index is 0.453. The zero-order valence-electron chi connectivity index (χ0n) is 16.5. The lowest BCUT2D eigenvalue weighted by Gasteiger charge is -3.03. The van der Waals surface area contributed by atoms with E-state index in [1.165, 1.54) is 23.7 Å². The molecule has 0 aromatic heterocycles. The van der Waals surface area contributed by atoms with Crippen molar-refractivity contribution in [2.45, 2.75) is 81.8 Å². The van der Waals surface area contributed by atoms with Crippen LogP contribution >= 0.6 is 12.6 Å². The Kier molecular flexibility index (Phi) is 1.50. The first-order valence-corrected chi connectivity index (χ1v) is 13.1. The lowest BCUT2D eigenvalue weighted by molar-refractivity contribution is -0.547. The molecule has 0 heterocycles. The van der Waals surface area contributed by atoms with Gasteiger partial charge in [0.2, 0.25) is 0 Å². The molecule has 0 atom stereocenters. The second-order valence-corrected chi connectivity index (χ2v) is 16.3. The van der Waals surface area contributed by atoms with Gasteiger partial charge in [-0.1, -0.05) is 0 Å². The molecule has 0 aromatic carbocycles. The molecule has 0 nitrogen and oxygen atoms in total. The summed E-state index contributed by atoms with van der Waals surface area (Å²) in [6.45, 7) is 0. The zero-order chi connectivity index (χ0) is 17.0. The van der Waals surface area contributed by atoms with Crippen molar-refractivity contribution in [1.82, 2.24) is 0 Å². The SMILES string of the molecule is SC12CC34CC5CC67CC8CC9%10CC%11CC(C5)(C69)C3C(C%11)(C1)C%10C(C8)(C2)C74. The Morgan fingerprint density at radius 1 is 0.407 bits per heavy atom. The van der Waals surface area contributed by atoms with Gasteiger partial charge < -0.3 is 0 Å². The van der Waals surface area contributed by atoms with E-state index in [0.29, 0.717) is 4.75 Å². The summed E-state index contributed by atoms with van der Waals surface area (Å²) in [7, 11) is 0. The van der Waals surface area contributed by atoms with Crippen LogP contribution in [0.5, 0.6) is 0 Å². The highest BCUT2D eigenvalue weighted by molar-refractivity contribution is 7.81. The maximum Gasteiger partial charge on any atom is 0.0146 e. The van der Waals surface area contributed by atoms with E-state index in [1.807, 2.05) is 0 Å². The first-order chi connectivity index (χ1) is 12.9. The number of hydrogen-bond acceptors (Lipinski definition) is 1. The molecule has 142 valence electrons. The van der Waals surface area contributed by atoms with Crippen molar-refractivity contribution in [2.75, 3.05) is 0 Å². The van der Waals surface area contributed by atoms with E-state index in [2.05, 4.69) is 0 Å². The minimum absolute atomic E-state index is 0.453. The van der Waals surface area contributed by atoms with Crippen molar-refractivity contribution in [3.8, 4) is 0 Å². The van der Waals surface area contributed by atoms with Gasteiger partial charge in [0.15, 0.2) is 0 Å². The summed E-state index contributed by atoms with van der Waals surface area (Å²) in [6.07, 6.45) is 20.0. The van der Waals surface area contributed by atoms with Gasteiger partial charge in [-0.25, -0.2) is 0 Å². The molecule has 0 aromatic rings. The van der Waals surface area contributed by atoms with Crippen molar-refractivity contribution in [3.05, 3.63) is 0 Å². The summed E-state index contributed by atoms with van der Waals surface area (Å²) in [6, 6.07) is 0. The van der Waals surface area contributed by atoms with Crippen LogP contribution in [-0.2, 0) is 0 Å². The molecule has 16 aliphatic rings. The van der Waals surface area contributed by atoms with Crippen molar-refractivity contribution in [2.24, 2.45) is 73.9 Å². The molecule has 0 saturated heterocycles. The molecule has 14 bridgehead atoms. The molecule has 1 heteroatoms. The lowest BCUT2D eigenvalue weighted by atomic mass is 9.01. The van der Waals surface area contributed by atoms with Crippen LogP contribution < -0.4 is 0 Å². The standard InChI is InChI=1S/C26H32S/c27-20-10-24-7-13-1-21-3-14-4-23-6-15-5-22(2-13,16(21)23)18(24)26(9-15,12-20)19(23)25(8-14,11-20)17(21)24/h13-19,27H,1-12H2.